The molecular formula is C26H25NO7. The fraction of sp³-hybridized carbons (Fsp3) is 0.231. The molecule has 0 radical (unpaired) electrons. The molecule has 1 aliphatic rings. The summed E-state index contributed by atoms with van der Waals surface area (Å²) in [5, 5.41) is 2.58. The summed E-state index contributed by atoms with van der Waals surface area (Å²) in [6.07, 6.45) is -0.285. The molecule has 1 N–H and O–H groups in total. The summed E-state index contributed by atoms with van der Waals surface area (Å²) in [7, 11) is 2.83. The van der Waals surface area contributed by atoms with Gasteiger partial charge in [0.2, 0.25) is 0 Å². The Morgan fingerprint density at radius 1 is 0.971 bits per heavy atom. The highest BCUT2D eigenvalue weighted by Gasteiger charge is 2.22. The average molecular weight is 463 g/mol. The van der Waals surface area contributed by atoms with Crippen LogP contribution in [0.1, 0.15) is 10.4 Å². The van der Waals surface area contributed by atoms with Gasteiger partial charge in [0, 0.05) is 16.7 Å². The number of hydrogen-bond donors (Lipinski definition) is 1. The second-order valence-electron chi connectivity index (χ2n) is 7.48. The zero-order valence-corrected chi connectivity index (χ0v) is 18.9. The van der Waals surface area contributed by atoms with Crippen molar-refractivity contribution in [2.75, 3.05) is 34.0 Å². The van der Waals surface area contributed by atoms with Crippen LogP contribution < -0.4 is 24.3 Å². The van der Waals surface area contributed by atoms with Crippen molar-refractivity contribution in [1.29, 1.82) is 0 Å². The molecule has 4 rings (SSSR count). The standard InChI is InChI=1S/C26H25NO7/c1-30-22-8-4-3-7-19(22)21-13-17(11-12-20(21)26(29)27-14-25(28)31-2)32-15-18-16-33-23-9-5-6-10-24(23)34-18/h3-13,18H,14-16H2,1-2H3,(H,27,29)/t18-/m0/s1. The van der Waals surface area contributed by atoms with E-state index in [0.29, 0.717) is 46.3 Å². The Balaban J connectivity index is 1.56. The van der Waals surface area contributed by atoms with Gasteiger partial charge in [-0.15, -0.1) is 0 Å². The van der Waals surface area contributed by atoms with Crippen LogP contribution in [0.25, 0.3) is 11.1 Å². The van der Waals surface area contributed by atoms with Crippen LogP contribution in [0.2, 0.25) is 0 Å². The summed E-state index contributed by atoms with van der Waals surface area (Å²) >= 11 is 0. The smallest absolute Gasteiger partial charge is 0.325 e. The highest BCUT2D eigenvalue weighted by atomic mass is 16.6. The zero-order valence-electron chi connectivity index (χ0n) is 18.9. The minimum atomic E-state index is -0.539. The fourth-order valence-corrected chi connectivity index (χ4v) is 3.56. The van der Waals surface area contributed by atoms with Gasteiger partial charge in [0.15, 0.2) is 17.6 Å². The lowest BCUT2D eigenvalue weighted by Crippen LogP contribution is -2.34. The maximum Gasteiger partial charge on any atom is 0.325 e. The van der Waals surface area contributed by atoms with Crippen molar-refractivity contribution in [2.24, 2.45) is 0 Å². The van der Waals surface area contributed by atoms with E-state index in [0.717, 1.165) is 0 Å². The Hall–Kier alpha value is -4.20. The van der Waals surface area contributed by atoms with E-state index in [2.05, 4.69) is 10.1 Å². The number of benzene rings is 3. The van der Waals surface area contributed by atoms with E-state index < -0.39 is 11.9 Å². The molecule has 0 aliphatic carbocycles. The summed E-state index contributed by atoms with van der Waals surface area (Å²) in [4.78, 5) is 24.3. The molecule has 0 saturated carbocycles. The van der Waals surface area contributed by atoms with Gasteiger partial charge in [-0.2, -0.15) is 0 Å². The molecule has 3 aromatic carbocycles. The molecule has 1 aliphatic heterocycles. The Morgan fingerprint density at radius 2 is 1.74 bits per heavy atom. The first kappa shape index (κ1) is 23.0. The van der Waals surface area contributed by atoms with E-state index in [-0.39, 0.29) is 19.3 Å². The van der Waals surface area contributed by atoms with Crippen molar-refractivity contribution in [1.82, 2.24) is 5.32 Å². The van der Waals surface area contributed by atoms with Gasteiger partial charge in [0.05, 0.1) is 14.2 Å². The molecule has 1 atom stereocenters. The summed E-state index contributed by atoms with van der Waals surface area (Å²) in [6, 6.07) is 20.0. The second-order valence-corrected chi connectivity index (χ2v) is 7.48. The molecule has 8 nitrogen and oxygen atoms in total. The van der Waals surface area contributed by atoms with Crippen molar-refractivity contribution < 1.29 is 33.3 Å². The SMILES string of the molecule is COC(=O)CNC(=O)c1ccc(OC[C@H]2COc3ccccc3O2)cc1-c1ccccc1OC. The molecule has 1 heterocycles. The van der Waals surface area contributed by atoms with Crippen molar-refractivity contribution in [2.45, 2.75) is 6.10 Å². The molecule has 0 aromatic heterocycles. The number of carbonyl (C=O) groups excluding carboxylic acids is 2. The number of carbonyl (C=O) groups is 2. The lowest BCUT2D eigenvalue weighted by atomic mass is 9.97. The number of para-hydroxylation sites is 3. The minimum absolute atomic E-state index is 0.237. The summed E-state index contributed by atoms with van der Waals surface area (Å²) in [5.74, 6) is 1.58. The number of amides is 1. The summed E-state index contributed by atoms with van der Waals surface area (Å²) < 4.78 is 27.8. The van der Waals surface area contributed by atoms with E-state index in [4.69, 9.17) is 18.9 Å². The molecule has 0 bridgehead atoms. The molecule has 0 unspecified atom stereocenters. The van der Waals surface area contributed by atoms with Gasteiger partial charge in [-0.3, -0.25) is 9.59 Å². The van der Waals surface area contributed by atoms with Gasteiger partial charge in [0.25, 0.3) is 5.91 Å². The van der Waals surface area contributed by atoms with E-state index in [1.165, 1.54) is 7.11 Å². The number of fused-ring (bicyclic) bond motifs is 1. The third-order valence-electron chi connectivity index (χ3n) is 5.26. The molecular weight excluding hydrogens is 438 g/mol. The maximum absolute atomic E-state index is 12.9. The van der Waals surface area contributed by atoms with E-state index in [9.17, 15) is 9.59 Å². The van der Waals surface area contributed by atoms with Gasteiger partial charge in [-0.05, 0) is 36.4 Å². The Kier molecular flexibility index (Phi) is 7.17. The van der Waals surface area contributed by atoms with Gasteiger partial charge in [0.1, 0.15) is 31.3 Å². The van der Waals surface area contributed by atoms with Crippen LogP contribution >= 0.6 is 0 Å². The summed E-state index contributed by atoms with van der Waals surface area (Å²) in [5.41, 5.74) is 1.68. The van der Waals surface area contributed by atoms with Crippen LogP contribution in [0.4, 0.5) is 0 Å². The average Bonchev–Trinajstić information content (AvgIpc) is 2.90. The quantitative estimate of drug-likeness (QED) is 0.511. The van der Waals surface area contributed by atoms with Crippen LogP contribution in [-0.2, 0) is 9.53 Å². The zero-order chi connectivity index (χ0) is 23.9. The number of ether oxygens (including phenoxy) is 5. The Labute approximate surface area is 197 Å². The van der Waals surface area contributed by atoms with Crippen LogP contribution in [0, 0.1) is 0 Å². The Morgan fingerprint density at radius 3 is 2.53 bits per heavy atom. The van der Waals surface area contributed by atoms with Crippen molar-refractivity contribution in [3.05, 3.63) is 72.3 Å². The van der Waals surface area contributed by atoms with E-state index in [1.54, 1.807) is 25.3 Å². The monoisotopic (exact) mass is 463 g/mol. The largest absolute Gasteiger partial charge is 0.496 e. The number of nitrogens with one attached hydrogen (secondary N) is 1. The lowest BCUT2D eigenvalue weighted by molar-refractivity contribution is -0.139. The molecule has 34 heavy (non-hydrogen) atoms. The molecule has 0 spiro atoms. The van der Waals surface area contributed by atoms with Gasteiger partial charge < -0.3 is 29.0 Å². The highest BCUT2D eigenvalue weighted by Crippen LogP contribution is 2.35. The molecule has 1 amide bonds. The third kappa shape index (κ3) is 5.23. The molecule has 0 fully saturated rings. The van der Waals surface area contributed by atoms with Crippen molar-refractivity contribution in [3.63, 3.8) is 0 Å². The van der Waals surface area contributed by atoms with E-state index >= 15 is 0 Å². The van der Waals surface area contributed by atoms with Crippen molar-refractivity contribution in [3.8, 4) is 34.1 Å². The number of esters is 1. The van der Waals surface area contributed by atoms with Crippen LogP contribution in [0.5, 0.6) is 23.0 Å². The Bertz CT molecular complexity index is 1180. The van der Waals surface area contributed by atoms with Gasteiger partial charge >= 0.3 is 5.97 Å². The van der Waals surface area contributed by atoms with E-state index in [1.807, 2.05) is 48.5 Å². The highest BCUT2D eigenvalue weighted by molar-refractivity contribution is 6.02. The molecule has 8 heteroatoms. The first-order valence-corrected chi connectivity index (χ1v) is 10.7. The first-order valence-electron chi connectivity index (χ1n) is 10.7. The first-order chi connectivity index (χ1) is 16.6. The lowest BCUT2D eigenvalue weighted by Gasteiger charge is -2.26. The second kappa shape index (κ2) is 10.6. The van der Waals surface area contributed by atoms with Gasteiger partial charge in [-0.1, -0.05) is 30.3 Å². The number of hydrogen-bond acceptors (Lipinski definition) is 7. The normalized spacial score (nSPS) is 14.1. The summed E-state index contributed by atoms with van der Waals surface area (Å²) in [6.45, 7) is 0.386. The van der Waals surface area contributed by atoms with Gasteiger partial charge in [-0.25, -0.2) is 0 Å². The van der Waals surface area contributed by atoms with Crippen LogP contribution in [0.3, 0.4) is 0 Å². The van der Waals surface area contributed by atoms with Crippen molar-refractivity contribution >= 4 is 11.9 Å². The number of methoxy groups -OCH3 is 2. The molecule has 176 valence electrons. The molecule has 0 saturated heterocycles. The minimum Gasteiger partial charge on any atom is -0.496 e. The molecule has 3 aromatic rings. The third-order valence-corrected chi connectivity index (χ3v) is 5.26. The predicted octanol–water partition coefficient (Wildman–Crippen LogP) is 3.48. The topological polar surface area (TPSA) is 92.3 Å². The van der Waals surface area contributed by atoms with Crippen LogP contribution in [-0.4, -0.2) is 52.0 Å². The predicted molar refractivity (Wildman–Crippen MR) is 125 cm³/mol. The van der Waals surface area contributed by atoms with Crippen LogP contribution in [0.15, 0.2) is 66.7 Å². The maximum atomic E-state index is 12.9. The fourth-order valence-electron chi connectivity index (χ4n) is 3.56. The number of rotatable bonds is 8.